The summed E-state index contributed by atoms with van der Waals surface area (Å²) in [6.07, 6.45) is 2.72. The largest absolute Gasteiger partial charge is 0.382 e. The Morgan fingerprint density at radius 1 is 1.14 bits per heavy atom. The van der Waals surface area contributed by atoms with E-state index in [0.717, 1.165) is 0 Å². The van der Waals surface area contributed by atoms with Crippen LogP contribution in [0.25, 0.3) is 0 Å². The molecule has 2 N–H and O–H groups in total. The van der Waals surface area contributed by atoms with E-state index in [1.807, 2.05) is 0 Å². The summed E-state index contributed by atoms with van der Waals surface area (Å²) in [5, 5.41) is 1.59. The van der Waals surface area contributed by atoms with Crippen LogP contribution in [0.15, 0.2) is 12.4 Å². The van der Waals surface area contributed by atoms with Gasteiger partial charge >= 0.3 is 5.97 Å². The van der Waals surface area contributed by atoms with Gasteiger partial charge in [-0.25, -0.2) is 14.8 Å². The fourth-order valence-corrected chi connectivity index (χ4v) is 1.85. The predicted octanol–water partition coefficient (Wildman–Crippen LogP) is 0.321. The molecule has 0 spiro atoms. The lowest BCUT2D eigenvalue weighted by Crippen LogP contribution is -2.50. The van der Waals surface area contributed by atoms with Crippen LogP contribution in [0.1, 0.15) is 31.3 Å². The number of aromatic nitrogens is 2. The Kier molecular flexibility index (Phi) is 4.60. The summed E-state index contributed by atoms with van der Waals surface area (Å²) in [7, 11) is 0. The van der Waals surface area contributed by atoms with Crippen molar-refractivity contribution in [2.45, 2.75) is 20.8 Å². The number of nitrogen functional groups attached to an aromatic ring is 1. The Hall–Kier alpha value is -2.22. The van der Waals surface area contributed by atoms with Gasteiger partial charge in [0.15, 0.2) is 0 Å². The average molecular weight is 307 g/mol. The van der Waals surface area contributed by atoms with Gasteiger partial charge in [-0.2, -0.15) is 0 Å². The van der Waals surface area contributed by atoms with Gasteiger partial charge in [0.25, 0.3) is 5.91 Å². The zero-order chi connectivity index (χ0) is 16.3. The first-order valence-corrected chi connectivity index (χ1v) is 7.11. The van der Waals surface area contributed by atoms with Gasteiger partial charge in [-0.15, -0.1) is 5.06 Å². The Morgan fingerprint density at radius 3 is 2.27 bits per heavy atom. The Bertz CT molecular complexity index is 545. The van der Waals surface area contributed by atoms with Crippen LogP contribution in [0.4, 0.5) is 5.82 Å². The van der Waals surface area contributed by atoms with Crippen LogP contribution in [-0.2, 0) is 9.63 Å². The van der Waals surface area contributed by atoms with Crippen molar-refractivity contribution in [2.75, 3.05) is 31.9 Å². The minimum Gasteiger partial charge on any atom is -0.382 e. The Morgan fingerprint density at radius 2 is 1.77 bits per heavy atom. The maximum absolute atomic E-state index is 12.3. The van der Waals surface area contributed by atoms with E-state index in [1.165, 1.54) is 12.4 Å². The summed E-state index contributed by atoms with van der Waals surface area (Å²) < 4.78 is 0. The maximum Gasteiger partial charge on any atom is 0.330 e. The number of amides is 1. The molecule has 0 radical (unpaired) electrons. The molecule has 1 saturated heterocycles. The van der Waals surface area contributed by atoms with Crippen LogP contribution in [-0.4, -0.2) is 58.0 Å². The van der Waals surface area contributed by atoms with Crippen molar-refractivity contribution in [1.29, 1.82) is 0 Å². The number of carbonyl (C=O) groups is 2. The molecule has 2 heterocycles. The number of piperazine rings is 1. The van der Waals surface area contributed by atoms with Gasteiger partial charge in [-0.3, -0.25) is 4.79 Å². The van der Waals surface area contributed by atoms with E-state index in [9.17, 15) is 9.59 Å². The van der Waals surface area contributed by atoms with Crippen molar-refractivity contribution in [3.05, 3.63) is 18.1 Å². The molecular weight excluding hydrogens is 286 g/mol. The van der Waals surface area contributed by atoms with Gasteiger partial charge in [0.2, 0.25) is 0 Å². The number of rotatable bonds is 2. The molecule has 1 aromatic rings. The van der Waals surface area contributed by atoms with Gasteiger partial charge < -0.3 is 15.5 Å². The van der Waals surface area contributed by atoms with Crippen molar-refractivity contribution in [1.82, 2.24) is 19.9 Å². The molecule has 0 unspecified atom stereocenters. The molecule has 0 atom stereocenters. The van der Waals surface area contributed by atoms with E-state index in [2.05, 4.69) is 9.97 Å². The highest BCUT2D eigenvalue weighted by molar-refractivity contribution is 5.92. The number of nitrogens with two attached hydrogens (primary N) is 1. The zero-order valence-electron chi connectivity index (χ0n) is 13.1. The first-order chi connectivity index (χ1) is 10.3. The molecule has 1 aliphatic heterocycles. The summed E-state index contributed by atoms with van der Waals surface area (Å²) in [6.45, 7) is 7.26. The maximum atomic E-state index is 12.3. The van der Waals surface area contributed by atoms with E-state index >= 15 is 0 Å². The molecule has 0 bridgehead atoms. The number of hydrogen-bond donors (Lipinski definition) is 1. The lowest BCUT2D eigenvalue weighted by molar-refractivity contribution is -0.205. The van der Waals surface area contributed by atoms with Crippen LogP contribution >= 0.6 is 0 Å². The number of nitrogens with zero attached hydrogens (tertiary/aromatic N) is 4. The Labute approximate surface area is 129 Å². The fourth-order valence-electron chi connectivity index (χ4n) is 1.85. The number of hydroxylamine groups is 2. The highest BCUT2D eigenvalue weighted by atomic mass is 16.7. The highest BCUT2D eigenvalue weighted by Gasteiger charge is 2.29. The molecule has 1 aromatic heterocycles. The summed E-state index contributed by atoms with van der Waals surface area (Å²) in [4.78, 5) is 38.9. The number of hydrogen-bond acceptors (Lipinski definition) is 7. The van der Waals surface area contributed by atoms with Crippen molar-refractivity contribution in [3.63, 3.8) is 0 Å². The van der Waals surface area contributed by atoms with Gasteiger partial charge in [0.1, 0.15) is 11.5 Å². The van der Waals surface area contributed by atoms with Crippen molar-refractivity contribution in [2.24, 2.45) is 5.41 Å². The third-order valence-electron chi connectivity index (χ3n) is 3.24. The molecular formula is C14H21N5O3. The molecule has 1 amide bonds. The SMILES string of the molecule is CC(C)(C)C(=O)ON1CCN(C(=O)c2cnc(N)cn2)CC1. The zero-order valence-corrected chi connectivity index (χ0v) is 13.1. The molecule has 0 aliphatic carbocycles. The van der Waals surface area contributed by atoms with Crippen molar-refractivity contribution >= 4 is 17.7 Å². The first kappa shape index (κ1) is 16.2. The topological polar surface area (TPSA) is 102 Å². The number of carbonyl (C=O) groups excluding carboxylic acids is 2. The van der Waals surface area contributed by atoms with E-state index in [1.54, 1.807) is 30.7 Å². The highest BCUT2D eigenvalue weighted by Crippen LogP contribution is 2.17. The van der Waals surface area contributed by atoms with Crippen LogP contribution in [0.3, 0.4) is 0 Å². The summed E-state index contributed by atoms with van der Waals surface area (Å²) in [5.41, 5.74) is 5.16. The lowest BCUT2D eigenvalue weighted by Gasteiger charge is -2.34. The van der Waals surface area contributed by atoms with E-state index in [4.69, 9.17) is 10.6 Å². The fraction of sp³-hybridized carbons (Fsp3) is 0.571. The van der Waals surface area contributed by atoms with E-state index < -0.39 is 5.41 Å². The average Bonchev–Trinajstić information content (AvgIpc) is 2.47. The van der Waals surface area contributed by atoms with Gasteiger partial charge in [0.05, 0.1) is 30.9 Å². The van der Waals surface area contributed by atoms with Crippen molar-refractivity contribution in [3.8, 4) is 0 Å². The lowest BCUT2D eigenvalue weighted by atomic mass is 9.98. The molecule has 2 rings (SSSR count). The second-order valence-electron chi connectivity index (χ2n) is 6.18. The minimum atomic E-state index is -0.549. The molecule has 8 nitrogen and oxygen atoms in total. The van der Waals surface area contributed by atoms with Gasteiger partial charge in [-0.1, -0.05) is 0 Å². The second kappa shape index (κ2) is 6.27. The molecule has 0 aromatic carbocycles. The second-order valence-corrected chi connectivity index (χ2v) is 6.18. The molecule has 22 heavy (non-hydrogen) atoms. The third kappa shape index (κ3) is 3.91. The van der Waals surface area contributed by atoms with Crippen LogP contribution in [0.5, 0.6) is 0 Å². The summed E-state index contributed by atoms with van der Waals surface area (Å²) in [6, 6.07) is 0. The standard InChI is InChI=1S/C14H21N5O3/c1-14(2,3)13(21)22-19-6-4-18(5-7-19)12(20)10-8-17-11(15)9-16-10/h8-9H,4-7H2,1-3H3,(H2,15,17). The molecule has 1 fully saturated rings. The number of anilines is 1. The first-order valence-electron chi connectivity index (χ1n) is 7.11. The van der Waals surface area contributed by atoms with Crippen LogP contribution < -0.4 is 5.73 Å². The monoisotopic (exact) mass is 307 g/mol. The molecule has 120 valence electrons. The normalized spacial score (nSPS) is 16.4. The quantitative estimate of drug-likeness (QED) is 0.839. The van der Waals surface area contributed by atoms with E-state index in [-0.39, 0.29) is 23.4 Å². The van der Waals surface area contributed by atoms with E-state index in [0.29, 0.717) is 26.2 Å². The molecule has 0 saturated carbocycles. The molecule has 8 heteroatoms. The summed E-state index contributed by atoms with van der Waals surface area (Å²) in [5.74, 6) is -0.207. The van der Waals surface area contributed by atoms with Gasteiger partial charge in [-0.05, 0) is 20.8 Å². The molecule has 1 aliphatic rings. The van der Waals surface area contributed by atoms with Gasteiger partial charge in [0, 0.05) is 13.1 Å². The van der Waals surface area contributed by atoms with Crippen molar-refractivity contribution < 1.29 is 14.4 Å². The predicted molar refractivity (Wildman–Crippen MR) is 79.5 cm³/mol. The van der Waals surface area contributed by atoms with Crippen LogP contribution in [0.2, 0.25) is 0 Å². The minimum absolute atomic E-state index is 0.200. The van der Waals surface area contributed by atoms with Crippen LogP contribution in [0, 0.1) is 5.41 Å². The Balaban J connectivity index is 1.88. The summed E-state index contributed by atoms with van der Waals surface area (Å²) >= 11 is 0. The smallest absolute Gasteiger partial charge is 0.330 e. The third-order valence-corrected chi connectivity index (χ3v) is 3.24.